The van der Waals surface area contributed by atoms with Gasteiger partial charge in [-0.1, -0.05) is 41.7 Å². The molecule has 2 aliphatic heterocycles. The Morgan fingerprint density at radius 3 is 2.74 bits per heavy atom. The first-order valence-corrected chi connectivity index (χ1v) is 10.8. The number of rotatable bonds is 5. The van der Waals surface area contributed by atoms with E-state index < -0.39 is 5.92 Å². The first kappa shape index (κ1) is 19.5. The molecule has 0 saturated carbocycles. The minimum atomic E-state index is -0.456. The van der Waals surface area contributed by atoms with E-state index in [0.29, 0.717) is 48.5 Å². The quantitative estimate of drug-likeness (QED) is 0.661. The number of carbonyl (C=O) groups is 2. The molecule has 0 spiro atoms. The Labute approximate surface area is 182 Å². The van der Waals surface area contributed by atoms with Crippen LogP contribution in [0, 0.1) is 5.92 Å². The number of nitrogens with one attached hydrogen (secondary N) is 1. The molecule has 1 N–H and O–H groups in total. The summed E-state index contributed by atoms with van der Waals surface area (Å²) in [6, 6.07) is 15.4. The number of hydrogen-bond acceptors (Lipinski definition) is 7. The number of anilines is 2. The van der Waals surface area contributed by atoms with Crippen molar-refractivity contribution in [2.45, 2.75) is 12.8 Å². The summed E-state index contributed by atoms with van der Waals surface area (Å²) < 4.78 is 11.1. The number of ether oxygens (including phenoxy) is 2. The van der Waals surface area contributed by atoms with Crippen LogP contribution in [-0.4, -0.2) is 41.8 Å². The highest BCUT2D eigenvalue weighted by Gasteiger charge is 2.36. The van der Waals surface area contributed by atoms with Crippen molar-refractivity contribution < 1.29 is 19.1 Å². The number of nitrogens with zero attached hydrogens (tertiary/aromatic N) is 3. The van der Waals surface area contributed by atoms with Gasteiger partial charge in [0, 0.05) is 31.1 Å². The predicted molar refractivity (Wildman–Crippen MR) is 116 cm³/mol. The maximum atomic E-state index is 12.7. The molecule has 0 aliphatic carbocycles. The lowest BCUT2D eigenvalue weighted by Gasteiger charge is -2.22. The molecular formula is C22H20N4O4S. The fourth-order valence-electron chi connectivity index (χ4n) is 3.69. The molecule has 1 fully saturated rings. The van der Waals surface area contributed by atoms with Crippen LogP contribution in [-0.2, 0) is 16.0 Å². The second-order valence-electron chi connectivity index (χ2n) is 7.39. The van der Waals surface area contributed by atoms with Gasteiger partial charge in [0.05, 0.1) is 5.92 Å². The van der Waals surface area contributed by atoms with Crippen molar-refractivity contribution in [3.05, 3.63) is 59.1 Å². The number of benzene rings is 2. The van der Waals surface area contributed by atoms with Gasteiger partial charge in [0.15, 0.2) is 11.5 Å². The second kappa shape index (κ2) is 8.35. The molecule has 3 aromatic rings. The molecular weight excluding hydrogens is 416 g/mol. The van der Waals surface area contributed by atoms with Gasteiger partial charge in [0.2, 0.25) is 16.9 Å². The molecule has 158 valence electrons. The van der Waals surface area contributed by atoms with E-state index in [1.54, 1.807) is 17.0 Å². The summed E-state index contributed by atoms with van der Waals surface area (Å²) in [7, 11) is 0. The van der Waals surface area contributed by atoms with Crippen LogP contribution in [0.25, 0.3) is 0 Å². The lowest BCUT2D eigenvalue weighted by Crippen LogP contribution is -2.28. The minimum absolute atomic E-state index is 0.0983. The average molecular weight is 436 g/mol. The van der Waals surface area contributed by atoms with Gasteiger partial charge < -0.3 is 19.7 Å². The second-order valence-corrected chi connectivity index (χ2v) is 8.45. The first-order chi connectivity index (χ1) is 15.2. The van der Waals surface area contributed by atoms with Crippen LogP contribution in [0.1, 0.15) is 17.0 Å². The van der Waals surface area contributed by atoms with E-state index in [2.05, 4.69) is 15.5 Å². The summed E-state index contributed by atoms with van der Waals surface area (Å²) in [5.74, 6) is 0.500. The van der Waals surface area contributed by atoms with Crippen molar-refractivity contribution in [3.63, 3.8) is 0 Å². The van der Waals surface area contributed by atoms with Gasteiger partial charge >= 0.3 is 0 Å². The molecule has 31 heavy (non-hydrogen) atoms. The largest absolute Gasteiger partial charge is 0.486 e. The van der Waals surface area contributed by atoms with Gasteiger partial charge in [0.25, 0.3) is 0 Å². The highest BCUT2D eigenvalue weighted by molar-refractivity contribution is 7.15. The topological polar surface area (TPSA) is 93.7 Å². The third-order valence-electron chi connectivity index (χ3n) is 5.23. The molecule has 0 bridgehead atoms. The predicted octanol–water partition coefficient (Wildman–Crippen LogP) is 2.89. The standard InChI is InChI=1S/C22H20N4O4S/c27-20-11-15(13-26(20)16-6-7-17-18(12-16)30-9-8-29-17)21(28)23-22-25-24-19(31-22)10-14-4-2-1-3-5-14/h1-7,12,15H,8-11,13H2,(H,23,25,28). The summed E-state index contributed by atoms with van der Waals surface area (Å²) in [5, 5.41) is 12.3. The summed E-state index contributed by atoms with van der Waals surface area (Å²) in [6.45, 7) is 1.29. The zero-order chi connectivity index (χ0) is 21.2. The van der Waals surface area contributed by atoms with Crippen molar-refractivity contribution >= 4 is 34.0 Å². The van der Waals surface area contributed by atoms with Gasteiger partial charge in [-0.3, -0.25) is 9.59 Å². The summed E-state index contributed by atoms with van der Waals surface area (Å²) >= 11 is 1.35. The number of amides is 2. The van der Waals surface area contributed by atoms with E-state index in [1.807, 2.05) is 36.4 Å². The molecule has 1 saturated heterocycles. The van der Waals surface area contributed by atoms with Crippen LogP contribution in [0.2, 0.25) is 0 Å². The fourth-order valence-corrected chi connectivity index (χ4v) is 4.46. The summed E-state index contributed by atoms with van der Waals surface area (Å²) in [4.78, 5) is 26.9. The molecule has 3 heterocycles. The maximum absolute atomic E-state index is 12.7. The highest BCUT2D eigenvalue weighted by Crippen LogP contribution is 2.36. The molecule has 1 aromatic heterocycles. The molecule has 1 unspecified atom stereocenters. The molecule has 9 heteroatoms. The maximum Gasteiger partial charge on any atom is 0.231 e. The minimum Gasteiger partial charge on any atom is -0.486 e. The van der Waals surface area contributed by atoms with Crippen molar-refractivity contribution in [1.29, 1.82) is 0 Å². The van der Waals surface area contributed by atoms with Crippen LogP contribution < -0.4 is 19.7 Å². The summed E-state index contributed by atoms with van der Waals surface area (Å²) in [6.07, 6.45) is 0.810. The van der Waals surface area contributed by atoms with Crippen LogP contribution in [0.3, 0.4) is 0 Å². The van der Waals surface area contributed by atoms with Gasteiger partial charge in [0.1, 0.15) is 18.2 Å². The lowest BCUT2D eigenvalue weighted by atomic mass is 10.1. The van der Waals surface area contributed by atoms with Crippen molar-refractivity contribution in [1.82, 2.24) is 10.2 Å². The Morgan fingerprint density at radius 2 is 1.90 bits per heavy atom. The van der Waals surface area contributed by atoms with Gasteiger partial charge in [-0.25, -0.2) is 0 Å². The van der Waals surface area contributed by atoms with E-state index >= 15 is 0 Å². The van der Waals surface area contributed by atoms with Crippen LogP contribution in [0.4, 0.5) is 10.8 Å². The number of hydrogen-bond donors (Lipinski definition) is 1. The zero-order valence-electron chi connectivity index (χ0n) is 16.6. The molecule has 5 rings (SSSR count). The zero-order valence-corrected chi connectivity index (χ0v) is 17.4. The Kier molecular flexibility index (Phi) is 5.25. The SMILES string of the molecule is O=C(Nc1nnc(Cc2ccccc2)s1)C1CC(=O)N(c2ccc3c(c2)OCCO3)C1. The van der Waals surface area contributed by atoms with Crippen molar-refractivity contribution in [3.8, 4) is 11.5 Å². The smallest absolute Gasteiger partial charge is 0.231 e. The van der Waals surface area contributed by atoms with Crippen LogP contribution in [0.15, 0.2) is 48.5 Å². The van der Waals surface area contributed by atoms with E-state index in [4.69, 9.17) is 9.47 Å². The van der Waals surface area contributed by atoms with E-state index in [-0.39, 0.29) is 18.2 Å². The van der Waals surface area contributed by atoms with Crippen molar-refractivity contribution in [2.75, 3.05) is 30.0 Å². The Bertz CT molecular complexity index is 1120. The summed E-state index contributed by atoms with van der Waals surface area (Å²) in [5.41, 5.74) is 1.83. The Morgan fingerprint density at radius 1 is 1.10 bits per heavy atom. The first-order valence-electron chi connectivity index (χ1n) is 10.0. The normalized spacial score (nSPS) is 17.6. The van der Waals surface area contributed by atoms with E-state index in [0.717, 1.165) is 10.6 Å². The van der Waals surface area contributed by atoms with Gasteiger partial charge in [-0.2, -0.15) is 0 Å². The van der Waals surface area contributed by atoms with E-state index in [9.17, 15) is 9.59 Å². The molecule has 0 radical (unpaired) electrons. The van der Waals surface area contributed by atoms with Gasteiger partial charge in [-0.05, 0) is 17.7 Å². The Hall–Kier alpha value is -3.46. The highest BCUT2D eigenvalue weighted by atomic mass is 32.1. The fraction of sp³-hybridized carbons (Fsp3) is 0.273. The molecule has 1 atom stereocenters. The lowest BCUT2D eigenvalue weighted by molar-refractivity contribution is -0.122. The third-order valence-corrected chi connectivity index (χ3v) is 6.07. The van der Waals surface area contributed by atoms with Gasteiger partial charge in [-0.15, -0.1) is 10.2 Å². The van der Waals surface area contributed by atoms with Crippen LogP contribution >= 0.6 is 11.3 Å². The number of carbonyl (C=O) groups excluding carboxylic acids is 2. The molecule has 2 amide bonds. The number of aromatic nitrogens is 2. The molecule has 2 aromatic carbocycles. The average Bonchev–Trinajstić information content (AvgIpc) is 3.40. The van der Waals surface area contributed by atoms with E-state index in [1.165, 1.54) is 11.3 Å². The Balaban J connectivity index is 1.22. The molecule has 8 nitrogen and oxygen atoms in total. The monoisotopic (exact) mass is 436 g/mol. The molecule has 2 aliphatic rings. The number of fused-ring (bicyclic) bond motifs is 1. The van der Waals surface area contributed by atoms with Crippen LogP contribution in [0.5, 0.6) is 11.5 Å². The van der Waals surface area contributed by atoms with Crippen molar-refractivity contribution in [2.24, 2.45) is 5.92 Å². The third kappa shape index (κ3) is 4.22.